The normalized spacial score (nSPS) is 12.6. The maximum Gasteiger partial charge on any atom is 0.0706 e. The molecular weight excluding hydrogens is 516 g/mol. The van der Waals surface area contributed by atoms with Crippen molar-refractivity contribution in [3.8, 4) is 39.2 Å². The third-order valence-corrected chi connectivity index (χ3v) is 8.89. The SMILES string of the molecule is C=N/C(=C\C=C/C)c1cccc2c1Sc1c(n(-c3cccc(-c4ccccc4)c3)c3ccccc13)-c1ccccc1-2. The maximum absolute atomic E-state index is 4.44. The topological polar surface area (TPSA) is 17.3 Å². The molecule has 0 saturated carbocycles. The largest absolute Gasteiger partial charge is 0.308 e. The summed E-state index contributed by atoms with van der Waals surface area (Å²) in [7, 11) is 0. The van der Waals surface area contributed by atoms with Gasteiger partial charge in [0.25, 0.3) is 0 Å². The fourth-order valence-corrected chi connectivity index (χ4v) is 7.14. The first-order chi connectivity index (χ1) is 20.3. The van der Waals surface area contributed by atoms with Gasteiger partial charge in [0.2, 0.25) is 0 Å². The van der Waals surface area contributed by atoms with Gasteiger partial charge in [-0.15, -0.1) is 0 Å². The van der Waals surface area contributed by atoms with Crippen molar-refractivity contribution >= 4 is 35.1 Å². The first-order valence-electron chi connectivity index (χ1n) is 13.8. The van der Waals surface area contributed by atoms with Crippen molar-refractivity contribution in [2.24, 2.45) is 4.99 Å². The first-order valence-corrected chi connectivity index (χ1v) is 14.6. The Morgan fingerprint density at radius 2 is 1.41 bits per heavy atom. The van der Waals surface area contributed by atoms with Gasteiger partial charge in [0.15, 0.2) is 0 Å². The van der Waals surface area contributed by atoms with Crippen molar-refractivity contribution in [3.63, 3.8) is 0 Å². The minimum atomic E-state index is 0.868. The molecule has 1 aliphatic heterocycles. The van der Waals surface area contributed by atoms with E-state index in [-0.39, 0.29) is 0 Å². The van der Waals surface area contributed by atoms with Crippen LogP contribution in [0.3, 0.4) is 0 Å². The molecule has 7 rings (SSSR count). The molecule has 0 amide bonds. The number of fused-ring (bicyclic) bond motifs is 7. The van der Waals surface area contributed by atoms with Crippen LogP contribution in [0.4, 0.5) is 0 Å². The molecule has 0 atom stereocenters. The summed E-state index contributed by atoms with van der Waals surface area (Å²) in [4.78, 5) is 6.89. The van der Waals surface area contributed by atoms with Gasteiger partial charge in [-0.1, -0.05) is 127 Å². The first kappa shape index (κ1) is 25.1. The van der Waals surface area contributed by atoms with E-state index >= 15 is 0 Å². The molecule has 6 aromatic rings. The number of aliphatic imine (C=N–C) groups is 1. The lowest BCUT2D eigenvalue weighted by atomic mass is 9.95. The van der Waals surface area contributed by atoms with Gasteiger partial charge in [0, 0.05) is 32.0 Å². The Morgan fingerprint density at radius 3 is 2.24 bits per heavy atom. The van der Waals surface area contributed by atoms with E-state index in [0.717, 1.165) is 16.9 Å². The van der Waals surface area contributed by atoms with Crippen molar-refractivity contribution in [1.82, 2.24) is 4.57 Å². The molecule has 3 heteroatoms. The van der Waals surface area contributed by atoms with Crippen LogP contribution in [-0.2, 0) is 0 Å². The predicted octanol–water partition coefficient (Wildman–Crippen LogP) is 10.7. The number of allylic oxidation sites excluding steroid dienone is 3. The van der Waals surface area contributed by atoms with E-state index < -0.39 is 0 Å². The molecule has 41 heavy (non-hydrogen) atoms. The molecule has 0 N–H and O–H groups in total. The van der Waals surface area contributed by atoms with Crippen LogP contribution in [0.1, 0.15) is 12.5 Å². The average molecular weight is 545 g/mol. The highest BCUT2D eigenvalue weighted by Crippen LogP contribution is 2.54. The molecule has 5 aromatic carbocycles. The Labute approximate surface area is 245 Å². The third-order valence-electron chi connectivity index (χ3n) is 7.62. The standard InChI is InChI=1S/C38H28N2S/c1-3-4-23-34(39-2)32-22-13-21-31-29-18-8-9-19-30(29)36-38(41-37(31)32)33-20-10-11-24-35(33)40(36)28-17-12-16-27(25-28)26-14-6-5-7-15-26/h3-25H,2H2,1H3/b4-3-,34-23-. The van der Waals surface area contributed by atoms with Crippen molar-refractivity contribution in [2.75, 3.05) is 0 Å². The van der Waals surface area contributed by atoms with Gasteiger partial charge < -0.3 is 4.57 Å². The second kappa shape index (κ2) is 10.6. The van der Waals surface area contributed by atoms with Crippen LogP contribution in [0.25, 0.3) is 55.8 Å². The van der Waals surface area contributed by atoms with Crippen LogP contribution in [0.5, 0.6) is 0 Å². The van der Waals surface area contributed by atoms with E-state index in [1.807, 2.05) is 36.9 Å². The minimum Gasteiger partial charge on any atom is -0.308 e. The molecule has 0 unspecified atom stereocenters. The van der Waals surface area contributed by atoms with Crippen LogP contribution >= 0.6 is 11.8 Å². The van der Waals surface area contributed by atoms with Gasteiger partial charge in [-0.3, -0.25) is 4.99 Å². The third kappa shape index (κ3) is 4.26. The highest BCUT2D eigenvalue weighted by Gasteiger charge is 2.28. The van der Waals surface area contributed by atoms with Gasteiger partial charge in [-0.2, -0.15) is 0 Å². The van der Waals surface area contributed by atoms with Crippen molar-refractivity contribution in [1.29, 1.82) is 0 Å². The monoisotopic (exact) mass is 544 g/mol. The molecule has 2 nitrogen and oxygen atoms in total. The highest BCUT2D eigenvalue weighted by atomic mass is 32.2. The van der Waals surface area contributed by atoms with Crippen LogP contribution in [-0.4, -0.2) is 11.3 Å². The zero-order chi connectivity index (χ0) is 27.8. The fraction of sp³-hybridized carbons (Fsp3) is 0.0263. The molecule has 0 bridgehead atoms. The molecule has 0 fully saturated rings. The van der Waals surface area contributed by atoms with Crippen LogP contribution in [0, 0.1) is 0 Å². The predicted molar refractivity (Wildman–Crippen MR) is 176 cm³/mol. The zero-order valence-electron chi connectivity index (χ0n) is 22.8. The Morgan fingerprint density at radius 1 is 0.707 bits per heavy atom. The minimum absolute atomic E-state index is 0.868. The maximum atomic E-state index is 4.44. The number of hydrogen-bond donors (Lipinski definition) is 0. The molecule has 1 aromatic heterocycles. The van der Waals surface area contributed by atoms with Gasteiger partial charge in [0.05, 0.1) is 16.9 Å². The second-order valence-electron chi connectivity index (χ2n) is 10.0. The van der Waals surface area contributed by atoms with Crippen LogP contribution in [0.15, 0.2) is 154 Å². The molecule has 0 saturated heterocycles. The highest BCUT2D eigenvalue weighted by molar-refractivity contribution is 8.00. The van der Waals surface area contributed by atoms with Crippen molar-refractivity contribution in [2.45, 2.75) is 16.7 Å². The molecular formula is C38H28N2S. The summed E-state index contributed by atoms with van der Waals surface area (Å²) in [6, 6.07) is 43.5. The number of rotatable bonds is 5. The number of aromatic nitrogens is 1. The molecule has 2 heterocycles. The van der Waals surface area contributed by atoms with Crippen molar-refractivity contribution < 1.29 is 0 Å². The average Bonchev–Trinajstić information content (AvgIpc) is 3.28. The van der Waals surface area contributed by atoms with E-state index in [4.69, 9.17) is 0 Å². The van der Waals surface area contributed by atoms with E-state index in [2.05, 4.69) is 138 Å². The van der Waals surface area contributed by atoms with E-state index in [0.29, 0.717) is 0 Å². The smallest absolute Gasteiger partial charge is 0.0706 e. The van der Waals surface area contributed by atoms with E-state index in [9.17, 15) is 0 Å². The summed E-state index contributed by atoms with van der Waals surface area (Å²) in [6.45, 7) is 5.93. The zero-order valence-corrected chi connectivity index (χ0v) is 23.6. The van der Waals surface area contributed by atoms with Gasteiger partial charge in [-0.05, 0) is 60.2 Å². The second-order valence-corrected chi connectivity index (χ2v) is 11.0. The molecule has 0 aliphatic carbocycles. The molecule has 196 valence electrons. The number of hydrogen-bond acceptors (Lipinski definition) is 2. The lowest BCUT2D eigenvalue weighted by Gasteiger charge is -2.16. The number of para-hydroxylation sites is 1. The summed E-state index contributed by atoms with van der Waals surface area (Å²) < 4.78 is 2.44. The fourth-order valence-electron chi connectivity index (χ4n) is 5.78. The van der Waals surface area contributed by atoms with Crippen molar-refractivity contribution in [3.05, 3.63) is 145 Å². The van der Waals surface area contributed by atoms with Gasteiger partial charge in [-0.25, -0.2) is 0 Å². The molecule has 0 radical (unpaired) electrons. The van der Waals surface area contributed by atoms with Gasteiger partial charge >= 0.3 is 0 Å². The summed E-state index contributed by atoms with van der Waals surface area (Å²) in [5.41, 5.74) is 11.6. The Kier molecular flexibility index (Phi) is 6.50. The van der Waals surface area contributed by atoms with E-state index in [1.54, 1.807) is 0 Å². The Balaban J connectivity index is 1.55. The summed E-state index contributed by atoms with van der Waals surface area (Å²) in [6.07, 6.45) is 6.08. The lowest BCUT2D eigenvalue weighted by molar-refractivity contribution is 1.12. The quantitative estimate of drug-likeness (QED) is 0.156. The number of benzene rings is 5. The van der Waals surface area contributed by atoms with E-state index in [1.165, 1.54) is 54.2 Å². The van der Waals surface area contributed by atoms with Crippen LogP contribution < -0.4 is 0 Å². The Bertz CT molecular complexity index is 1990. The lowest BCUT2D eigenvalue weighted by Crippen LogP contribution is -1.98. The Hall–Kier alpha value is -4.86. The summed E-state index contributed by atoms with van der Waals surface area (Å²) in [5.74, 6) is 0. The molecule has 1 aliphatic rings. The van der Waals surface area contributed by atoms with Crippen LogP contribution in [0.2, 0.25) is 0 Å². The summed E-state index contributed by atoms with van der Waals surface area (Å²) in [5, 5.41) is 1.24. The van der Waals surface area contributed by atoms with Gasteiger partial charge in [0.1, 0.15) is 0 Å². The summed E-state index contributed by atoms with van der Waals surface area (Å²) >= 11 is 1.84. The number of nitrogens with zero attached hydrogens (tertiary/aromatic N) is 2. The molecule has 0 spiro atoms.